The molecule has 1 aliphatic rings. The number of unbranched alkanes of at least 4 members (excludes halogenated alkanes) is 1. The molecule has 2 aromatic carbocycles. The van der Waals surface area contributed by atoms with Gasteiger partial charge in [-0.15, -0.1) is 0 Å². The van der Waals surface area contributed by atoms with Crippen LogP contribution in [-0.2, 0) is 24.4 Å². The predicted molar refractivity (Wildman–Crippen MR) is 154 cm³/mol. The van der Waals surface area contributed by atoms with E-state index in [1.54, 1.807) is 18.2 Å². The van der Waals surface area contributed by atoms with Crippen LogP contribution in [0.5, 0.6) is 0 Å². The van der Waals surface area contributed by atoms with Crippen molar-refractivity contribution in [3.8, 4) is 0 Å². The maximum Gasteiger partial charge on any atom is 0.243 e. The quantitative estimate of drug-likeness (QED) is 0.0868. The Hall–Kier alpha value is -3.55. The van der Waals surface area contributed by atoms with Crippen LogP contribution in [-0.4, -0.2) is 75.1 Å². The lowest BCUT2D eigenvalue weighted by Gasteiger charge is -2.27. The van der Waals surface area contributed by atoms with E-state index in [4.69, 9.17) is 17.2 Å². The van der Waals surface area contributed by atoms with Gasteiger partial charge in [0, 0.05) is 19.6 Å². The highest BCUT2D eigenvalue weighted by Gasteiger charge is 2.36. The molecule has 1 aliphatic heterocycles. The number of benzene rings is 2. The average molecular weight is 574 g/mol. The molecule has 1 fully saturated rings. The van der Waals surface area contributed by atoms with E-state index in [-0.39, 0.29) is 29.2 Å². The molecule has 0 bridgehead atoms. The molecule has 3 rings (SSSR count). The van der Waals surface area contributed by atoms with E-state index in [9.17, 15) is 22.8 Å². The molecule has 3 atom stereocenters. The minimum absolute atomic E-state index is 0.0366. The maximum absolute atomic E-state index is 13.0. The van der Waals surface area contributed by atoms with Crippen molar-refractivity contribution in [1.82, 2.24) is 14.9 Å². The summed E-state index contributed by atoms with van der Waals surface area (Å²) >= 11 is 0. The number of aldehydes is 1. The van der Waals surface area contributed by atoms with Crippen LogP contribution in [0.3, 0.4) is 0 Å². The Kier molecular flexibility index (Phi) is 11.4. The van der Waals surface area contributed by atoms with Crippen molar-refractivity contribution in [1.29, 1.82) is 0 Å². The van der Waals surface area contributed by atoms with Crippen LogP contribution in [0, 0.1) is 0 Å². The molecule has 0 aromatic heterocycles. The first-order valence-electron chi connectivity index (χ1n) is 13.5. The second kappa shape index (κ2) is 14.7. The summed E-state index contributed by atoms with van der Waals surface area (Å²) in [5.41, 5.74) is 16.7. The monoisotopic (exact) mass is 573 g/mol. The largest absolute Gasteiger partial charge is 0.370 e. The summed E-state index contributed by atoms with van der Waals surface area (Å²) in [7, 11) is -3.67. The van der Waals surface area contributed by atoms with E-state index in [1.165, 1.54) is 4.90 Å². The van der Waals surface area contributed by atoms with Crippen molar-refractivity contribution >= 4 is 44.9 Å². The molecular weight excluding hydrogens is 534 g/mol. The Labute approximate surface area is 234 Å². The number of hydrogen-bond donors (Lipinski definition) is 5. The first-order chi connectivity index (χ1) is 19.1. The van der Waals surface area contributed by atoms with Gasteiger partial charge in [-0.1, -0.05) is 36.8 Å². The van der Waals surface area contributed by atoms with Crippen LogP contribution in [0.1, 0.15) is 44.9 Å². The first kappa shape index (κ1) is 31.0. The highest BCUT2D eigenvalue weighted by Crippen LogP contribution is 2.21. The van der Waals surface area contributed by atoms with E-state index in [0.29, 0.717) is 64.3 Å². The van der Waals surface area contributed by atoms with Gasteiger partial charge in [0.15, 0.2) is 5.96 Å². The van der Waals surface area contributed by atoms with Crippen LogP contribution in [0.4, 0.5) is 0 Å². The predicted octanol–water partition coefficient (Wildman–Crippen LogP) is 0.344. The number of nitrogens with two attached hydrogens (primary N) is 3. The number of fused-ring (bicyclic) bond motifs is 1. The SMILES string of the molecule is NC(N)=NCCC[C@@H](C=O)NC(=O)[C@@H]1CCCN1C(=O)[C@H](N)CCCCNS(=O)(=O)c1ccc2ccccc2c1. The van der Waals surface area contributed by atoms with Gasteiger partial charge >= 0.3 is 0 Å². The summed E-state index contributed by atoms with van der Waals surface area (Å²) in [6.45, 7) is 0.962. The molecule has 13 heteroatoms. The van der Waals surface area contributed by atoms with E-state index < -0.39 is 28.1 Å². The molecule has 0 unspecified atom stereocenters. The number of carbonyl (C=O) groups excluding carboxylic acids is 3. The molecule has 0 spiro atoms. The number of sulfonamides is 1. The fourth-order valence-electron chi connectivity index (χ4n) is 4.73. The van der Waals surface area contributed by atoms with Gasteiger partial charge in [-0.2, -0.15) is 0 Å². The molecule has 40 heavy (non-hydrogen) atoms. The number of hydrogen-bond acceptors (Lipinski definition) is 7. The molecule has 218 valence electrons. The molecule has 2 amide bonds. The van der Waals surface area contributed by atoms with Gasteiger partial charge in [0.25, 0.3) is 0 Å². The van der Waals surface area contributed by atoms with Gasteiger partial charge in [-0.25, -0.2) is 13.1 Å². The topological polar surface area (TPSA) is 203 Å². The van der Waals surface area contributed by atoms with Crippen LogP contribution in [0.15, 0.2) is 52.4 Å². The first-order valence-corrected chi connectivity index (χ1v) is 15.0. The van der Waals surface area contributed by atoms with Crippen molar-refractivity contribution in [2.45, 2.75) is 68.0 Å². The summed E-state index contributed by atoms with van der Waals surface area (Å²) in [4.78, 5) is 42.8. The van der Waals surface area contributed by atoms with Gasteiger partial charge in [-0.05, 0) is 61.4 Å². The minimum Gasteiger partial charge on any atom is -0.370 e. The van der Waals surface area contributed by atoms with Crippen LogP contribution < -0.4 is 27.2 Å². The van der Waals surface area contributed by atoms with Crippen molar-refractivity contribution in [2.75, 3.05) is 19.6 Å². The Morgan fingerprint density at radius 3 is 2.55 bits per heavy atom. The van der Waals surface area contributed by atoms with Gasteiger partial charge in [0.05, 0.1) is 17.0 Å². The normalized spacial score (nSPS) is 16.8. The van der Waals surface area contributed by atoms with E-state index in [1.807, 2.05) is 24.3 Å². The zero-order valence-electron chi connectivity index (χ0n) is 22.5. The van der Waals surface area contributed by atoms with E-state index in [2.05, 4.69) is 15.0 Å². The molecule has 0 saturated carbocycles. The lowest BCUT2D eigenvalue weighted by Crippen LogP contribution is -2.53. The average Bonchev–Trinajstić information content (AvgIpc) is 3.43. The van der Waals surface area contributed by atoms with Gasteiger partial charge in [0.2, 0.25) is 21.8 Å². The standard InChI is InChI=1S/C27H39N7O5S/c28-23(10-3-4-15-32-40(38,39)22-13-12-19-7-1-2-8-20(19)17-22)26(37)34-16-6-11-24(34)25(36)33-21(18-35)9-5-14-31-27(29)30/h1-2,7-8,12-13,17-18,21,23-24,32H,3-6,9-11,14-16,28H2,(H,33,36)(H4,29,30,31)/t21-,23+,24-/m0/s1. The molecular formula is C27H39N7O5S. The summed E-state index contributed by atoms with van der Waals surface area (Å²) in [5, 5.41) is 4.50. The summed E-state index contributed by atoms with van der Waals surface area (Å²) < 4.78 is 28.0. The molecule has 1 saturated heterocycles. The van der Waals surface area contributed by atoms with Crippen LogP contribution in [0.2, 0.25) is 0 Å². The molecule has 8 N–H and O–H groups in total. The van der Waals surface area contributed by atoms with E-state index in [0.717, 1.165) is 10.8 Å². The molecule has 2 aromatic rings. The van der Waals surface area contributed by atoms with Crippen molar-refractivity contribution in [2.24, 2.45) is 22.2 Å². The smallest absolute Gasteiger partial charge is 0.243 e. The molecule has 0 aliphatic carbocycles. The third-order valence-corrected chi connectivity index (χ3v) is 8.34. The number of aliphatic imine (C=N–C) groups is 1. The Morgan fingerprint density at radius 2 is 1.82 bits per heavy atom. The molecule has 1 heterocycles. The number of carbonyl (C=O) groups is 3. The van der Waals surface area contributed by atoms with Gasteiger partial charge in [-0.3, -0.25) is 14.6 Å². The Balaban J connectivity index is 1.43. The second-order valence-electron chi connectivity index (χ2n) is 9.90. The van der Waals surface area contributed by atoms with Gasteiger partial charge < -0.3 is 32.2 Å². The minimum atomic E-state index is -3.67. The number of amides is 2. The van der Waals surface area contributed by atoms with Crippen molar-refractivity contribution in [3.63, 3.8) is 0 Å². The maximum atomic E-state index is 13.0. The third kappa shape index (κ3) is 8.73. The highest BCUT2D eigenvalue weighted by atomic mass is 32.2. The number of guanidine groups is 1. The van der Waals surface area contributed by atoms with Crippen molar-refractivity contribution < 1.29 is 22.8 Å². The van der Waals surface area contributed by atoms with Gasteiger partial charge in [0.1, 0.15) is 12.3 Å². The zero-order chi connectivity index (χ0) is 29.1. The summed E-state index contributed by atoms with van der Waals surface area (Å²) in [5.74, 6) is -0.754. The lowest BCUT2D eigenvalue weighted by molar-refractivity contribution is -0.140. The number of nitrogens with zero attached hydrogens (tertiary/aromatic N) is 2. The second-order valence-corrected chi connectivity index (χ2v) is 11.7. The third-order valence-electron chi connectivity index (χ3n) is 6.88. The lowest BCUT2D eigenvalue weighted by atomic mass is 10.1. The van der Waals surface area contributed by atoms with Crippen LogP contribution in [0.25, 0.3) is 10.8 Å². The fourth-order valence-corrected chi connectivity index (χ4v) is 5.83. The number of rotatable bonds is 15. The molecule has 0 radical (unpaired) electrons. The molecule has 12 nitrogen and oxygen atoms in total. The van der Waals surface area contributed by atoms with Crippen molar-refractivity contribution in [3.05, 3.63) is 42.5 Å². The number of nitrogens with one attached hydrogen (secondary N) is 2. The summed E-state index contributed by atoms with van der Waals surface area (Å²) in [6.07, 6.45) is 4.07. The highest BCUT2D eigenvalue weighted by molar-refractivity contribution is 7.89. The Morgan fingerprint density at radius 1 is 1.07 bits per heavy atom. The van der Waals surface area contributed by atoms with E-state index >= 15 is 0 Å². The zero-order valence-corrected chi connectivity index (χ0v) is 23.3. The summed E-state index contributed by atoms with van der Waals surface area (Å²) in [6, 6.07) is 10.3. The fraction of sp³-hybridized carbons (Fsp3) is 0.481. The number of likely N-dealkylation sites (tertiary alicyclic amines) is 1. The Bertz CT molecular complexity index is 1310. The van der Waals surface area contributed by atoms with Crippen LogP contribution >= 0.6 is 0 Å².